The van der Waals surface area contributed by atoms with Crippen molar-refractivity contribution >= 4 is 33.3 Å². The van der Waals surface area contributed by atoms with Crippen LogP contribution in [0.4, 0.5) is 5.69 Å². The number of nitrogens with zero attached hydrogens (tertiary/aromatic N) is 2. The van der Waals surface area contributed by atoms with Crippen molar-refractivity contribution in [3.05, 3.63) is 63.6 Å². The molecule has 0 amide bonds. The highest BCUT2D eigenvalue weighted by molar-refractivity contribution is 9.10. The van der Waals surface area contributed by atoms with E-state index in [-0.39, 0.29) is 5.54 Å². The highest BCUT2D eigenvalue weighted by atomic mass is 79.9. The third kappa shape index (κ3) is 3.96. The number of anilines is 1. The Bertz CT molecular complexity index is 918. The summed E-state index contributed by atoms with van der Waals surface area (Å²) in [5.74, 6) is 0.495. The SMILES string of the molecule is CC(C)N1c2ccc(/C=C(/C#N)c3cccc(Br)c3)cc2[C@@H](C)CC1(C)C. The maximum Gasteiger partial charge on any atom is 0.0998 e. The molecule has 0 unspecified atom stereocenters. The summed E-state index contributed by atoms with van der Waals surface area (Å²) in [5, 5.41) is 9.66. The summed E-state index contributed by atoms with van der Waals surface area (Å²) >= 11 is 3.49. The maximum atomic E-state index is 9.66. The quantitative estimate of drug-likeness (QED) is 0.392. The summed E-state index contributed by atoms with van der Waals surface area (Å²) in [4.78, 5) is 2.54. The van der Waals surface area contributed by atoms with E-state index in [1.807, 2.05) is 30.3 Å². The lowest BCUT2D eigenvalue weighted by Crippen LogP contribution is -2.51. The molecule has 0 fully saturated rings. The van der Waals surface area contributed by atoms with Gasteiger partial charge in [-0.2, -0.15) is 5.26 Å². The van der Waals surface area contributed by atoms with Gasteiger partial charge in [0.2, 0.25) is 0 Å². The van der Waals surface area contributed by atoms with Gasteiger partial charge in [0.25, 0.3) is 0 Å². The number of halogens is 1. The molecule has 1 aliphatic rings. The first-order valence-corrected chi connectivity index (χ1v) is 10.3. The summed E-state index contributed by atoms with van der Waals surface area (Å²) in [7, 11) is 0. The van der Waals surface area contributed by atoms with Crippen LogP contribution >= 0.6 is 15.9 Å². The van der Waals surface area contributed by atoms with Gasteiger partial charge in [0, 0.05) is 21.7 Å². The zero-order valence-corrected chi connectivity index (χ0v) is 18.3. The van der Waals surface area contributed by atoms with E-state index in [1.54, 1.807) is 0 Å². The number of hydrogen-bond acceptors (Lipinski definition) is 2. The second-order valence-corrected chi connectivity index (χ2v) is 9.30. The fourth-order valence-corrected chi connectivity index (χ4v) is 4.94. The molecule has 1 aliphatic heterocycles. The van der Waals surface area contributed by atoms with Crippen LogP contribution in [0.1, 0.15) is 63.6 Å². The Morgan fingerprint density at radius 2 is 2.00 bits per heavy atom. The Balaban J connectivity index is 2.06. The van der Waals surface area contributed by atoms with E-state index in [4.69, 9.17) is 0 Å². The predicted octanol–water partition coefficient (Wildman–Crippen LogP) is 7.01. The second-order valence-electron chi connectivity index (χ2n) is 8.38. The molecule has 27 heavy (non-hydrogen) atoms. The van der Waals surface area contributed by atoms with Gasteiger partial charge in [-0.15, -0.1) is 0 Å². The van der Waals surface area contributed by atoms with Crippen LogP contribution in [0.15, 0.2) is 46.9 Å². The number of hydrogen-bond donors (Lipinski definition) is 0. The van der Waals surface area contributed by atoms with Crippen LogP contribution in [0, 0.1) is 11.3 Å². The molecule has 0 aliphatic carbocycles. The van der Waals surface area contributed by atoms with Gasteiger partial charge >= 0.3 is 0 Å². The van der Waals surface area contributed by atoms with Crippen LogP contribution in [-0.4, -0.2) is 11.6 Å². The number of allylic oxidation sites excluding steroid dienone is 1. The van der Waals surface area contributed by atoms with Crippen LogP contribution in [0.2, 0.25) is 0 Å². The molecule has 2 nitrogen and oxygen atoms in total. The van der Waals surface area contributed by atoms with Crippen molar-refractivity contribution in [1.82, 2.24) is 0 Å². The topological polar surface area (TPSA) is 27.0 Å². The minimum Gasteiger partial charge on any atom is -0.364 e. The standard InChI is InChI=1S/C24H27BrN2/c1-16(2)27-23-10-9-18(12-22(23)17(3)14-24(27,4)5)11-20(15-26)19-7-6-8-21(25)13-19/h6-13,16-17H,14H2,1-5H3/b20-11-/t17-/m0/s1. The molecule has 1 heterocycles. The van der Waals surface area contributed by atoms with Gasteiger partial charge < -0.3 is 4.90 Å². The van der Waals surface area contributed by atoms with Crippen molar-refractivity contribution in [3.63, 3.8) is 0 Å². The normalized spacial score (nSPS) is 19.0. The summed E-state index contributed by atoms with van der Waals surface area (Å²) in [6.45, 7) is 11.5. The zero-order valence-electron chi connectivity index (χ0n) is 16.8. The molecular formula is C24H27BrN2. The predicted molar refractivity (Wildman–Crippen MR) is 119 cm³/mol. The molecule has 0 saturated heterocycles. The molecule has 140 valence electrons. The Labute approximate surface area is 171 Å². The molecule has 0 saturated carbocycles. The fraction of sp³-hybridized carbons (Fsp3) is 0.375. The lowest BCUT2D eigenvalue weighted by Gasteiger charge is -2.50. The summed E-state index contributed by atoms with van der Waals surface area (Å²) in [5.41, 5.74) is 5.55. The van der Waals surface area contributed by atoms with Crippen molar-refractivity contribution in [2.24, 2.45) is 0 Å². The molecule has 2 aromatic rings. The molecule has 0 aromatic heterocycles. The van der Waals surface area contributed by atoms with Crippen LogP contribution in [-0.2, 0) is 0 Å². The Morgan fingerprint density at radius 3 is 2.63 bits per heavy atom. The van der Waals surface area contributed by atoms with Crippen molar-refractivity contribution in [2.75, 3.05) is 4.90 Å². The van der Waals surface area contributed by atoms with Gasteiger partial charge in [-0.05, 0) is 87.1 Å². The molecular weight excluding hydrogens is 396 g/mol. The molecule has 1 atom stereocenters. The summed E-state index contributed by atoms with van der Waals surface area (Å²) in [6.07, 6.45) is 3.12. The molecule has 3 rings (SSSR count). The van der Waals surface area contributed by atoms with Gasteiger partial charge in [0.1, 0.15) is 0 Å². The molecule has 3 heteroatoms. The molecule has 0 spiro atoms. The molecule has 0 radical (unpaired) electrons. The number of rotatable bonds is 3. The molecule has 0 N–H and O–H groups in total. The minimum atomic E-state index is 0.145. The van der Waals surface area contributed by atoms with E-state index in [9.17, 15) is 5.26 Å². The van der Waals surface area contributed by atoms with Crippen LogP contribution < -0.4 is 4.90 Å². The van der Waals surface area contributed by atoms with Gasteiger partial charge in [-0.25, -0.2) is 0 Å². The minimum absolute atomic E-state index is 0.145. The van der Waals surface area contributed by atoms with Crippen LogP contribution in [0.5, 0.6) is 0 Å². The first kappa shape index (κ1) is 19.7. The van der Waals surface area contributed by atoms with Gasteiger partial charge in [-0.1, -0.05) is 41.1 Å². The van der Waals surface area contributed by atoms with Gasteiger partial charge in [0.05, 0.1) is 11.6 Å². The van der Waals surface area contributed by atoms with Crippen LogP contribution in [0.25, 0.3) is 11.6 Å². The summed E-state index contributed by atoms with van der Waals surface area (Å²) in [6, 6.07) is 17.3. The lowest BCUT2D eigenvalue weighted by molar-refractivity contribution is 0.356. The zero-order chi connectivity index (χ0) is 19.8. The highest BCUT2D eigenvalue weighted by Crippen LogP contribution is 2.44. The van der Waals surface area contributed by atoms with Gasteiger partial charge in [-0.3, -0.25) is 0 Å². The van der Waals surface area contributed by atoms with Crippen molar-refractivity contribution in [2.45, 2.75) is 58.5 Å². The van der Waals surface area contributed by atoms with Crippen LogP contribution in [0.3, 0.4) is 0 Å². The third-order valence-corrected chi connectivity index (χ3v) is 5.88. The highest BCUT2D eigenvalue weighted by Gasteiger charge is 2.37. The first-order chi connectivity index (χ1) is 12.7. The summed E-state index contributed by atoms with van der Waals surface area (Å²) < 4.78 is 0.981. The average Bonchev–Trinajstić information content (AvgIpc) is 2.59. The second kappa shape index (κ2) is 7.52. The van der Waals surface area contributed by atoms with E-state index in [0.29, 0.717) is 17.5 Å². The largest absolute Gasteiger partial charge is 0.364 e. The number of benzene rings is 2. The van der Waals surface area contributed by atoms with E-state index >= 15 is 0 Å². The van der Waals surface area contributed by atoms with Crippen molar-refractivity contribution in [1.29, 1.82) is 5.26 Å². The first-order valence-electron chi connectivity index (χ1n) is 9.54. The van der Waals surface area contributed by atoms with E-state index in [2.05, 4.69) is 79.7 Å². The number of fused-ring (bicyclic) bond motifs is 1. The third-order valence-electron chi connectivity index (χ3n) is 5.38. The number of nitriles is 1. The van der Waals surface area contributed by atoms with Gasteiger partial charge in [0.15, 0.2) is 0 Å². The molecule has 2 aromatic carbocycles. The molecule has 0 bridgehead atoms. The van der Waals surface area contributed by atoms with Crippen molar-refractivity contribution < 1.29 is 0 Å². The Kier molecular flexibility index (Phi) is 5.49. The monoisotopic (exact) mass is 422 g/mol. The maximum absolute atomic E-state index is 9.66. The average molecular weight is 423 g/mol. The van der Waals surface area contributed by atoms with E-state index < -0.39 is 0 Å². The Hall–Kier alpha value is -2.05. The van der Waals surface area contributed by atoms with E-state index in [0.717, 1.165) is 22.0 Å². The van der Waals surface area contributed by atoms with E-state index in [1.165, 1.54) is 11.3 Å². The van der Waals surface area contributed by atoms with Crippen molar-refractivity contribution in [3.8, 4) is 6.07 Å². The smallest absolute Gasteiger partial charge is 0.0998 e. The fourth-order valence-electron chi connectivity index (χ4n) is 4.54. The lowest BCUT2D eigenvalue weighted by atomic mass is 9.78. The Morgan fingerprint density at radius 1 is 1.26 bits per heavy atom.